The Morgan fingerprint density at radius 3 is 2.67 bits per heavy atom. The number of nitriles is 1. The molecule has 5 nitrogen and oxygen atoms in total. The summed E-state index contributed by atoms with van der Waals surface area (Å²) in [6.45, 7) is 3.72. The minimum Gasteiger partial charge on any atom is -0.463 e. The third kappa shape index (κ3) is 3.35. The first kappa shape index (κ1) is 18.2. The van der Waals surface area contributed by atoms with E-state index in [1.165, 1.54) is 0 Å². The second-order valence-electron chi connectivity index (χ2n) is 5.00. The maximum atomic E-state index is 12.5. The van der Waals surface area contributed by atoms with Gasteiger partial charge in [-0.2, -0.15) is 5.26 Å². The van der Waals surface area contributed by atoms with Gasteiger partial charge in [0.15, 0.2) is 0 Å². The lowest BCUT2D eigenvalue weighted by Gasteiger charge is -2.28. The molecule has 0 saturated heterocycles. The van der Waals surface area contributed by atoms with Crippen molar-refractivity contribution in [2.45, 2.75) is 26.2 Å². The number of esters is 1. The predicted octanol–water partition coefficient (Wildman–Crippen LogP) is 4.03. The molecule has 1 aromatic rings. The Morgan fingerprint density at radius 1 is 1.42 bits per heavy atom. The number of halogens is 2. The van der Waals surface area contributed by atoms with Crippen molar-refractivity contribution in [3.8, 4) is 6.07 Å². The molecule has 2 rings (SSSR count). The Bertz CT molecular complexity index is 779. The van der Waals surface area contributed by atoms with Gasteiger partial charge in [-0.1, -0.05) is 36.2 Å². The minimum absolute atomic E-state index is 0.0431. The largest absolute Gasteiger partial charge is 0.463 e. The molecule has 7 heteroatoms. The molecule has 24 heavy (non-hydrogen) atoms. The van der Waals surface area contributed by atoms with Crippen LogP contribution in [0.2, 0.25) is 10.0 Å². The van der Waals surface area contributed by atoms with Gasteiger partial charge in [-0.05, 0) is 24.6 Å². The highest BCUT2D eigenvalue weighted by Gasteiger charge is 2.38. The van der Waals surface area contributed by atoms with Crippen LogP contribution in [0.1, 0.15) is 31.7 Å². The van der Waals surface area contributed by atoms with Crippen molar-refractivity contribution >= 4 is 29.2 Å². The van der Waals surface area contributed by atoms with Crippen LogP contribution >= 0.6 is 23.2 Å². The molecule has 0 bridgehead atoms. The van der Waals surface area contributed by atoms with Crippen molar-refractivity contribution in [3.05, 3.63) is 56.6 Å². The van der Waals surface area contributed by atoms with E-state index in [0.29, 0.717) is 27.8 Å². The summed E-state index contributed by atoms with van der Waals surface area (Å²) in [6, 6.07) is 6.86. The molecule has 0 aliphatic carbocycles. The number of ether oxygens (including phenoxy) is 2. The Kier molecular flexibility index (Phi) is 5.76. The molecular formula is C17H16Cl2N2O3. The van der Waals surface area contributed by atoms with Gasteiger partial charge in [0.05, 0.1) is 18.1 Å². The summed E-state index contributed by atoms with van der Waals surface area (Å²) in [5, 5.41) is 10.3. The second-order valence-corrected chi connectivity index (χ2v) is 5.85. The van der Waals surface area contributed by atoms with Gasteiger partial charge < -0.3 is 15.2 Å². The van der Waals surface area contributed by atoms with E-state index < -0.39 is 11.9 Å². The van der Waals surface area contributed by atoms with Gasteiger partial charge in [0.2, 0.25) is 5.88 Å². The quantitative estimate of drug-likeness (QED) is 0.812. The SMILES string of the molecule is CCOC(=O)C1=C(CC)OC(N)=C(C#N)[C@H]1c1ccc(Cl)cc1Cl. The highest BCUT2D eigenvalue weighted by Crippen LogP contribution is 2.43. The zero-order valence-electron chi connectivity index (χ0n) is 13.2. The van der Waals surface area contributed by atoms with E-state index in [1.807, 2.05) is 13.0 Å². The zero-order chi connectivity index (χ0) is 17.9. The molecular weight excluding hydrogens is 351 g/mol. The number of allylic oxidation sites excluding steroid dienone is 2. The van der Waals surface area contributed by atoms with Crippen LogP contribution in [0.3, 0.4) is 0 Å². The number of hydrogen-bond acceptors (Lipinski definition) is 5. The van der Waals surface area contributed by atoms with Gasteiger partial charge in [0.1, 0.15) is 17.4 Å². The van der Waals surface area contributed by atoms with E-state index in [-0.39, 0.29) is 23.6 Å². The summed E-state index contributed by atoms with van der Waals surface area (Å²) in [5.41, 5.74) is 6.76. The van der Waals surface area contributed by atoms with Crippen LogP contribution in [0.15, 0.2) is 41.0 Å². The normalized spacial score (nSPS) is 17.4. The van der Waals surface area contributed by atoms with Crippen molar-refractivity contribution in [1.82, 2.24) is 0 Å². The molecule has 0 aromatic heterocycles. The molecule has 1 aliphatic heterocycles. The lowest BCUT2D eigenvalue weighted by Crippen LogP contribution is -2.26. The van der Waals surface area contributed by atoms with Crippen LogP contribution in [0.4, 0.5) is 0 Å². The summed E-state index contributed by atoms with van der Waals surface area (Å²) in [4.78, 5) is 12.5. The Balaban J connectivity index is 2.71. The first-order valence-corrected chi connectivity index (χ1v) is 8.12. The van der Waals surface area contributed by atoms with Gasteiger partial charge >= 0.3 is 5.97 Å². The first-order valence-electron chi connectivity index (χ1n) is 7.37. The van der Waals surface area contributed by atoms with E-state index >= 15 is 0 Å². The van der Waals surface area contributed by atoms with E-state index in [1.54, 1.807) is 25.1 Å². The number of hydrogen-bond donors (Lipinski definition) is 1. The van der Waals surface area contributed by atoms with Crippen LogP contribution in [0.5, 0.6) is 0 Å². The van der Waals surface area contributed by atoms with E-state index in [2.05, 4.69) is 0 Å². The summed E-state index contributed by atoms with van der Waals surface area (Å²) >= 11 is 12.2. The average Bonchev–Trinajstić information content (AvgIpc) is 2.54. The molecule has 1 aromatic carbocycles. The van der Waals surface area contributed by atoms with Crippen LogP contribution in [-0.4, -0.2) is 12.6 Å². The molecule has 2 N–H and O–H groups in total. The average molecular weight is 367 g/mol. The monoisotopic (exact) mass is 366 g/mol. The van der Waals surface area contributed by atoms with Crippen LogP contribution in [0, 0.1) is 11.3 Å². The van der Waals surface area contributed by atoms with E-state index in [9.17, 15) is 10.1 Å². The summed E-state index contributed by atoms with van der Waals surface area (Å²) in [7, 11) is 0. The van der Waals surface area contributed by atoms with E-state index in [0.717, 1.165) is 0 Å². The van der Waals surface area contributed by atoms with Crippen molar-refractivity contribution in [3.63, 3.8) is 0 Å². The predicted molar refractivity (Wildman–Crippen MR) is 91.1 cm³/mol. The zero-order valence-corrected chi connectivity index (χ0v) is 14.7. The van der Waals surface area contributed by atoms with Gasteiger partial charge in [-0.3, -0.25) is 0 Å². The van der Waals surface area contributed by atoms with Crippen molar-refractivity contribution in [1.29, 1.82) is 5.26 Å². The summed E-state index contributed by atoms with van der Waals surface area (Å²) < 4.78 is 10.6. The molecule has 0 spiro atoms. The van der Waals surface area contributed by atoms with E-state index in [4.69, 9.17) is 38.4 Å². The van der Waals surface area contributed by atoms with Crippen LogP contribution in [-0.2, 0) is 14.3 Å². The fourth-order valence-corrected chi connectivity index (χ4v) is 3.08. The summed E-state index contributed by atoms with van der Waals surface area (Å²) in [6.07, 6.45) is 0.412. The number of benzene rings is 1. The van der Waals surface area contributed by atoms with Crippen LogP contribution in [0.25, 0.3) is 0 Å². The number of nitrogens with zero attached hydrogens (tertiary/aromatic N) is 1. The lowest BCUT2D eigenvalue weighted by molar-refractivity contribution is -0.139. The standard InChI is InChI=1S/C17H16Cl2N2O3/c1-3-13-15(17(22)23-4-2)14(11(8-20)16(21)24-13)10-6-5-9(18)7-12(10)19/h5-7,14H,3-4,21H2,1-2H3/t14-/m1/s1. The molecule has 0 radical (unpaired) electrons. The first-order chi connectivity index (χ1) is 11.4. The number of carbonyl (C=O) groups is 1. The molecule has 126 valence electrons. The maximum Gasteiger partial charge on any atom is 0.338 e. The number of rotatable bonds is 4. The Morgan fingerprint density at radius 2 is 2.12 bits per heavy atom. The molecule has 0 amide bonds. The van der Waals surface area contributed by atoms with Crippen molar-refractivity contribution in [2.75, 3.05) is 6.61 Å². The second kappa shape index (κ2) is 7.61. The Labute approximate surface area is 150 Å². The lowest BCUT2D eigenvalue weighted by atomic mass is 9.82. The highest BCUT2D eigenvalue weighted by molar-refractivity contribution is 6.35. The third-order valence-corrected chi connectivity index (χ3v) is 4.15. The maximum absolute atomic E-state index is 12.5. The molecule has 0 unspecified atom stereocenters. The fraction of sp³-hybridized carbons (Fsp3) is 0.294. The van der Waals surface area contributed by atoms with Crippen molar-refractivity contribution < 1.29 is 14.3 Å². The Hall–Kier alpha value is -2.16. The molecule has 0 fully saturated rings. The van der Waals surface area contributed by atoms with Gasteiger partial charge in [0.25, 0.3) is 0 Å². The molecule has 0 saturated carbocycles. The number of nitrogens with two attached hydrogens (primary N) is 1. The highest BCUT2D eigenvalue weighted by atomic mass is 35.5. The summed E-state index contributed by atoms with van der Waals surface area (Å²) in [5.74, 6) is -1.01. The fourth-order valence-electron chi connectivity index (χ4n) is 2.56. The minimum atomic E-state index is -0.762. The van der Waals surface area contributed by atoms with Gasteiger partial charge in [-0.25, -0.2) is 4.79 Å². The van der Waals surface area contributed by atoms with Crippen LogP contribution < -0.4 is 5.73 Å². The van der Waals surface area contributed by atoms with Gasteiger partial charge in [0, 0.05) is 16.5 Å². The molecule has 1 atom stereocenters. The van der Waals surface area contributed by atoms with Gasteiger partial charge in [-0.15, -0.1) is 0 Å². The third-order valence-electron chi connectivity index (χ3n) is 3.59. The molecule has 1 heterocycles. The van der Waals surface area contributed by atoms with Crippen molar-refractivity contribution in [2.24, 2.45) is 5.73 Å². The smallest absolute Gasteiger partial charge is 0.338 e. The molecule has 1 aliphatic rings. The topological polar surface area (TPSA) is 85.3 Å². The number of carbonyl (C=O) groups excluding carboxylic acids is 1.